The minimum atomic E-state index is -4.40. The van der Waals surface area contributed by atoms with Crippen LogP contribution in [-0.2, 0) is 23.9 Å². The SMILES string of the molecule is C[C@H]1CN([C@@H](C)CO)C(=O)Cc2cc(NC(=O)Nc3ccc4c(c3)OCO4)ccc2O[C@@H]1CN(C)Cc1ccc(C(F)(F)F)cc1. The van der Waals surface area contributed by atoms with Crippen molar-refractivity contribution in [1.82, 2.24) is 9.80 Å². The van der Waals surface area contributed by atoms with E-state index in [0.717, 1.165) is 12.1 Å². The Morgan fingerprint density at radius 3 is 2.35 bits per heavy atom. The molecule has 46 heavy (non-hydrogen) atoms. The number of hydrogen-bond donors (Lipinski definition) is 3. The van der Waals surface area contributed by atoms with Crippen molar-refractivity contribution in [3.63, 3.8) is 0 Å². The van der Waals surface area contributed by atoms with Gasteiger partial charge in [-0.2, -0.15) is 13.2 Å². The number of carbonyl (C=O) groups excluding carboxylic acids is 2. The van der Waals surface area contributed by atoms with Crippen LogP contribution in [0.2, 0.25) is 0 Å². The van der Waals surface area contributed by atoms with Gasteiger partial charge in [0.25, 0.3) is 0 Å². The number of urea groups is 1. The Labute approximate surface area is 265 Å². The summed E-state index contributed by atoms with van der Waals surface area (Å²) in [4.78, 5) is 29.9. The maximum absolute atomic E-state index is 13.5. The number of benzene rings is 3. The molecule has 3 aromatic carbocycles. The molecule has 3 amide bonds. The van der Waals surface area contributed by atoms with Crippen LogP contribution in [0.15, 0.2) is 60.7 Å². The van der Waals surface area contributed by atoms with E-state index in [2.05, 4.69) is 10.6 Å². The first kappa shape index (κ1) is 32.9. The maximum Gasteiger partial charge on any atom is 0.416 e. The third-order valence-corrected chi connectivity index (χ3v) is 8.03. The predicted molar refractivity (Wildman–Crippen MR) is 165 cm³/mol. The van der Waals surface area contributed by atoms with Crippen molar-refractivity contribution in [3.05, 3.63) is 77.4 Å². The highest BCUT2D eigenvalue weighted by atomic mass is 19.4. The van der Waals surface area contributed by atoms with E-state index in [9.17, 15) is 27.9 Å². The summed E-state index contributed by atoms with van der Waals surface area (Å²) >= 11 is 0. The van der Waals surface area contributed by atoms with Gasteiger partial charge < -0.3 is 34.9 Å². The molecule has 10 nitrogen and oxygen atoms in total. The Kier molecular flexibility index (Phi) is 9.92. The smallest absolute Gasteiger partial charge is 0.416 e. The number of nitrogens with one attached hydrogen (secondary N) is 2. The zero-order valence-electron chi connectivity index (χ0n) is 25.8. The first-order chi connectivity index (χ1) is 21.9. The number of anilines is 2. The lowest BCUT2D eigenvalue weighted by molar-refractivity contribution is -0.137. The number of alkyl halides is 3. The van der Waals surface area contributed by atoms with E-state index in [0.29, 0.717) is 59.4 Å². The Balaban J connectivity index is 1.33. The number of aliphatic hydroxyl groups is 1. The van der Waals surface area contributed by atoms with Gasteiger partial charge in [0.1, 0.15) is 11.9 Å². The second kappa shape index (κ2) is 13.9. The first-order valence-corrected chi connectivity index (χ1v) is 14.9. The molecule has 0 saturated carbocycles. The number of nitrogens with zero attached hydrogens (tertiary/aromatic N) is 2. The molecule has 0 radical (unpaired) electrons. The van der Waals surface area contributed by atoms with Crippen LogP contribution in [0.4, 0.5) is 29.3 Å². The van der Waals surface area contributed by atoms with Crippen LogP contribution in [0, 0.1) is 5.92 Å². The highest BCUT2D eigenvalue weighted by Gasteiger charge is 2.32. The number of halogens is 3. The summed E-state index contributed by atoms with van der Waals surface area (Å²) < 4.78 is 56.2. The predicted octanol–water partition coefficient (Wildman–Crippen LogP) is 5.36. The molecule has 3 aromatic rings. The zero-order valence-corrected chi connectivity index (χ0v) is 25.8. The van der Waals surface area contributed by atoms with Gasteiger partial charge in [0.05, 0.1) is 24.6 Å². The van der Waals surface area contributed by atoms with Crippen LogP contribution in [0.3, 0.4) is 0 Å². The van der Waals surface area contributed by atoms with E-state index in [1.165, 1.54) is 12.1 Å². The molecular weight excluding hydrogens is 605 g/mol. The number of amides is 3. The summed E-state index contributed by atoms with van der Waals surface area (Å²) in [6.07, 6.45) is -4.83. The molecule has 0 saturated heterocycles. The largest absolute Gasteiger partial charge is 0.488 e. The van der Waals surface area contributed by atoms with E-state index in [-0.39, 0.29) is 31.6 Å². The molecule has 0 aromatic heterocycles. The molecule has 3 atom stereocenters. The van der Waals surface area contributed by atoms with Gasteiger partial charge in [0, 0.05) is 48.6 Å². The number of carbonyl (C=O) groups is 2. The average molecular weight is 643 g/mol. The standard InChI is InChI=1S/C33H37F3N4O6/c1-20-15-40(21(2)18-41)31(42)13-23-12-25(37-32(43)38-26-9-11-28-29(14-26)45-19-44-28)8-10-27(23)46-30(20)17-39(3)16-22-4-6-24(7-5-22)33(34,35)36/h4-12,14,20-21,30,41H,13,15-19H2,1-3H3,(H2,37,38,43)/t20-,21-,30+/m0/s1. The van der Waals surface area contributed by atoms with Crippen molar-refractivity contribution in [2.45, 2.75) is 45.1 Å². The average Bonchev–Trinajstić information content (AvgIpc) is 3.48. The number of likely N-dealkylation sites (N-methyl/N-ethyl adjacent to an activating group) is 1. The lowest BCUT2D eigenvalue weighted by Crippen LogP contribution is -2.47. The fourth-order valence-electron chi connectivity index (χ4n) is 5.48. The summed E-state index contributed by atoms with van der Waals surface area (Å²) in [5.74, 6) is 1.24. The highest BCUT2D eigenvalue weighted by Crippen LogP contribution is 2.35. The summed E-state index contributed by atoms with van der Waals surface area (Å²) in [6, 6.07) is 14.3. The summed E-state index contributed by atoms with van der Waals surface area (Å²) in [5.41, 5.74) is 1.52. The normalized spacial score (nSPS) is 18.6. The number of fused-ring (bicyclic) bond motifs is 2. The minimum Gasteiger partial charge on any atom is -0.488 e. The summed E-state index contributed by atoms with van der Waals surface area (Å²) in [7, 11) is 1.85. The van der Waals surface area contributed by atoms with E-state index >= 15 is 0 Å². The zero-order chi connectivity index (χ0) is 33.0. The van der Waals surface area contributed by atoms with Gasteiger partial charge in [-0.1, -0.05) is 19.1 Å². The number of aliphatic hydroxyl groups excluding tert-OH is 1. The molecule has 2 aliphatic rings. The van der Waals surface area contributed by atoms with Crippen molar-refractivity contribution in [1.29, 1.82) is 0 Å². The van der Waals surface area contributed by atoms with Crippen LogP contribution in [0.1, 0.15) is 30.5 Å². The van der Waals surface area contributed by atoms with Crippen LogP contribution >= 0.6 is 0 Å². The second-order valence-corrected chi connectivity index (χ2v) is 11.7. The molecular formula is C33H37F3N4O6. The van der Waals surface area contributed by atoms with Crippen LogP contribution in [0.25, 0.3) is 0 Å². The second-order valence-electron chi connectivity index (χ2n) is 11.7. The van der Waals surface area contributed by atoms with Crippen molar-refractivity contribution in [3.8, 4) is 17.2 Å². The van der Waals surface area contributed by atoms with Gasteiger partial charge in [-0.05, 0) is 62.0 Å². The van der Waals surface area contributed by atoms with Gasteiger partial charge in [0.2, 0.25) is 12.7 Å². The van der Waals surface area contributed by atoms with Crippen LogP contribution < -0.4 is 24.8 Å². The third kappa shape index (κ3) is 8.01. The third-order valence-electron chi connectivity index (χ3n) is 8.03. The van der Waals surface area contributed by atoms with Crippen molar-refractivity contribution >= 4 is 23.3 Å². The maximum atomic E-state index is 13.5. The quantitative estimate of drug-likeness (QED) is 0.303. The molecule has 3 N–H and O–H groups in total. The molecule has 2 aliphatic heterocycles. The van der Waals surface area contributed by atoms with Gasteiger partial charge in [0.15, 0.2) is 11.5 Å². The van der Waals surface area contributed by atoms with Crippen LogP contribution in [-0.4, -0.2) is 72.5 Å². The number of rotatable bonds is 8. The first-order valence-electron chi connectivity index (χ1n) is 14.9. The Hall–Kier alpha value is -4.49. The van der Waals surface area contributed by atoms with E-state index in [1.54, 1.807) is 48.2 Å². The monoisotopic (exact) mass is 642 g/mol. The van der Waals surface area contributed by atoms with Gasteiger partial charge in [-0.25, -0.2) is 4.79 Å². The molecule has 246 valence electrons. The molecule has 0 fully saturated rings. The Bertz CT molecular complexity index is 1550. The summed E-state index contributed by atoms with van der Waals surface area (Å²) in [5, 5.41) is 15.5. The lowest BCUT2D eigenvalue weighted by atomic mass is 10.0. The molecule has 0 aliphatic carbocycles. The Morgan fingerprint density at radius 2 is 1.67 bits per heavy atom. The minimum absolute atomic E-state index is 0.0141. The van der Waals surface area contributed by atoms with E-state index < -0.39 is 29.9 Å². The fourth-order valence-corrected chi connectivity index (χ4v) is 5.48. The summed E-state index contributed by atoms with van der Waals surface area (Å²) in [6.45, 7) is 4.76. The van der Waals surface area contributed by atoms with Gasteiger partial charge >= 0.3 is 12.2 Å². The van der Waals surface area contributed by atoms with Crippen molar-refractivity contribution in [2.75, 3.05) is 44.2 Å². The molecule has 0 unspecified atom stereocenters. The van der Waals surface area contributed by atoms with Crippen molar-refractivity contribution in [2.24, 2.45) is 5.92 Å². The van der Waals surface area contributed by atoms with E-state index in [4.69, 9.17) is 14.2 Å². The number of ether oxygens (including phenoxy) is 3. The van der Waals surface area contributed by atoms with E-state index in [1.807, 2.05) is 18.9 Å². The number of hydrogen-bond acceptors (Lipinski definition) is 7. The highest BCUT2D eigenvalue weighted by molar-refractivity contribution is 6.00. The fraction of sp³-hybridized carbons (Fsp3) is 0.394. The molecule has 5 rings (SSSR count). The molecule has 0 bridgehead atoms. The van der Waals surface area contributed by atoms with Crippen molar-refractivity contribution < 1.29 is 42.1 Å². The molecule has 2 heterocycles. The van der Waals surface area contributed by atoms with Gasteiger partial charge in [-0.15, -0.1) is 0 Å². The molecule has 13 heteroatoms. The lowest BCUT2D eigenvalue weighted by Gasteiger charge is -2.34. The van der Waals surface area contributed by atoms with Gasteiger partial charge in [-0.3, -0.25) is 9.69 Å². The molecule has 0 spiro atoms. The Morgan fingerprint density at radius 1 is 1.02 bits per heavy atom. The topological polar surface area (TPSA) is 113 Å². The van der Waals surface area contributed by atoms with Crippen LogP contribution in [0.5, 0.6) is 17.2 Å².